The second kappa shape index (κ2) is 10.9. The standard InChI is InChI=1S/C28H28N4O6/c1-37-28(34)24(15-18-7-10-22(11-8-18)32(35)36)30-27(33)19-9-12-25-23(16-19)29-26(20-13-14-38-17-20)31(25)21-5-3-2-4-6-21/h7-14,16-17,21,24H,2-6,15H2,1H3,(H,30,33)/t24-/m0/s1. The van der Waals surface area contributed by atoms with E-state index in [2.05, 4.69) is 9.88 Å². The van der Waals surface area contributed by atoms with Crippen LogP contribution in [0.15, 0.2) is 65.5 Å². The maximum Gasteiger partial charge on any atom is 0.328 e. The van der Waals surface area contributed by atoms with Crippen molar-refractivity contribution in [1.82, 2.24) is 14.9 Å². The molecule has 0 bridgehead atoms. The predicted molar refractivity (Wildman–Crippen MR) is 140 cm³/mol. The summed E-state index contributed by atoms with van der Waals surface area (Å²) in [7, 11) is 1.25. The van der Waals surface area contributed by atoms with E-state index in [1.807, 2.05) is 12.1 Å². The highest BCUT2D eigenvalue weighted by Gasteiger charge is 2.26. The van der Waals surface area contributed by atoms with Gasteiger partial charge in [0.15, 0.2) is 0 Å². The van der Waals surface area contributed by atoms with Crippen molar-refractivity contribution >= 4 is 28.6 Å². The molecule has 0 aliphatic heterocycles. The van der Waals surface area contributed by atoms with Crippen LogP contribution in [0.5, 0.6) is 0 Å². The Hall–Kier alpha value is -4.47. The Labute approximate surface area is 218 Å². The van der Waals surface area contributed by atoms with E-state index < -0.39 is 22.8 Å². The average Bonchev–Trinajstić information content (AvgIpc) is 3.60. The fourth-order valence-corrected chi connectivity index (χ4v) is 5.11. The first-order valence-electron chi connectivity index (χ1n) is 12.6. The molecule has 10 heteroatoms. The van der Waals surface area contributed by atoms with Crippen molar-refractivity contribution in [2.75, 3.05) is 7.11 Å². The lowest BCUT2D eigenvalue weighted by atomic mass is 9.95. The molecule has 1 saturated carbocycles. The number of nitrogens with one attached hydrogen (secondary N) is 1. The van der Waals surface area contributed by atoms with Crippen molar-refractivity contribution in [3.8, 4) is 11.4 Å². The van der Waals surface area contributed by atoms with E-state index in [4.69, 9.17) is 14.1 Å². The van der Waals surface area contributed by atoms with Crippen LogP contribution in [0.3, 0.4) is 0 Å². The Kier molecular flexibility index (Phi) is 7.21. The number of fused-ring (bicyclic) bond motifs is 1. The molecule has 1 aliphatic rings. The van der Waals surface area contributed by atoms with Crippen LogP contribution in [-0.2, 0) is 16.0 Å². The van der Waals surface area contributed by atoms with Gasteiger partial charge in [-0.15, -0.1) is 0 Å². The monoisotopic (exact) mass is 516 g/mol. The molecule has 0 unspecified atom stereocenters. The zero-order valence-corrected chi connectivity index (χ0v) is 21.0. The predicted octanol–water partition coefficient (Wildman–Crippen LogP) is 5.22. The third-order valence-electron chi connectivity index (χ3n) is 7.05. The summed E-state index contributed by atoms with van der Waals surface area (Å²) in [5.41, 5.74) is 3.47. The second-order valence-electron chi connectivity index (χ2n) is 9.49. The molecule has 0 radical (unpaired) electrons. The molecule has 4 aromatic rings. The summed E-state index contributed by atoms with van der Waals surface area (Å²) in [6.07, 6.45) is 9.13. The first-order chi connectivity index (χ1) is 18.4. The molecule has 2 aromatic heterocycles. The molecule has 1 amide bonds. The Bertz CT molecular complexity index is 1450. The zero-order chi connectivity index (χ0) is 26.6. The minimum atomic E-state index is -0.967. The second-order valence-corrected chi connectivity index (χ2v) is 9.49. The third-order valence-corrected chi connectivity index (χ3v) is 7.05. The average molecular weight is 517 g/mol. The lowest BCUT2D eigenvalue weighted by Gasteiger charge is -2.25. The number of carbonyl (C=O) groups is 2. The first kappa shape index (κ1) is 25.2. The number of hydrogen-bond donors (Lipinski definition) is 1. The fraction of sp³-hybridized carbons (Fsp3) is 0.321. The minimum absolute atomic E-state index is 0.0526. The van der Waals surface area contributed by atoms with Gasteiger partial charge in [0.25, 0.3) is 11.6 Å². The number of rotatable bonds is 8. The fourth-order valence-electron chi connectivity index (χ4n) is 5.11. The van der Waals surface area contributed by atoms with Gasteiger partial charge >= 0.3 is 5.97 Å². The molecular weight excluding hydrogens is 488 g/mol. The summed E-state index contributed by atoms with van der Waals surface area (Å²) < 4.78 is 12.5. The number of nitrogens with zero attached hydrogens (tertiary/aromatic N) is 3. The van der Waals surface area contributed by atoms with Gasteiger partial charge in [-0.05, 0) is 42.7 Å². The van der Waals surface area contributed by atoms with Gasteiger partial charge in [-0.1, -0.05) is 31.4 Å². The summed E-state index contributed by atoms with van der Waals surface area (Å²) in [6.45, 7) is 0. The lowest BCUT2D eigenvalue weighted by Crippen LogP contribution is -2.43. The molecule has 196 valence electrons. The number of methoxy groups -OCH3 is 1. The molecule has 10 nitrogen and oxygen atoms in total. The Balaban J connectivity index is 1.42. The van der Waals surface area contributed by atoms with Gasteiger partial charge < -0.3 is 19.0 Å². The van der Waals surface area contributed by atoms with E-state index in [-0.39, 0.29) is 12.1 Å². The number of hydrogen-bond acceptors (Lipinski definition) is 7. The smallest absolute Gasteiger partial charge is 0.328 e. The highest BCUT2D eigenvalue weighted by atomic mass is 16.6. The Morgan fingerprint density at radius 3 is 2.58 bits per heavy atom. The molecule has 1 N–H and O–H groups in total. The van der Waals surface area contributed by atoms with Crippen molar-refractivity contribution in [3.63, 3.8) is 0 Å². The van der Waals surface area contributed by atoms with Gasteiger partial charge in [0.2, 0.25) is 0 Å². The summed E-state index contributed by atoms with van der Waals surface area (Å²) in [5, 5.41) is 13.7. The molecule has 2 aromatic carbocycles. The van der Waals surface area contributed by atoms with Gasteiger partial charge in [-0.25, -0.2) is 9.78 Å². The summed E-state index contributed by atoms with van der Waals surface area (Å²) >= 11 is 0. The van der Waals surface area contributed by atoms with Crippen LogP contribution in [0.1, 0.15) is 54.1 Å². The highest BCUT2D eigenvalue weighted by Crippen LogP contribution is 2.36. The maximum absolute atomic E-state index is 13.2. The zero-order valence-electron chi connectivity index (χ0n) is 21.0. The third kappa shape index (κ3) is 5.15. The number of non-ortho nitro benzene ring substituents is 1. The quantitative estimate of drug-likeness (QED) is 0.193. The van der Waals surface area contributed by atoms with Crippen LogP contribution >= 0.6 is 0 Å². The van der Waals surface area contributed by atoms with Crippen LogP contribution in [0, 0.1) is 10.1 Å². The van der Waals surface area contributed by atoms with Crippen molar-refractivity contribution in [2.45, 2.75) is 50.6 Å². The molecular formula is C28H28N4O6. The number of nitro benzene ring substituents is 1. The largest absolute Gasteiger partial charge is 0.472 e. The van der Waals surface area contributed by atoms with E-state index in [0.717, 1.165) is 29.7 Å². The van der Waals surface area contributed by atoms with Gasteiger partial charge in [-0.2, -0.15) is 0 Å². The summed E-state index contributed by atoms with van der Waals surface area (Å²) in [5.74, 6) is -0.244. The van der Waals surface area contributed by atoms with E-state index in [1.165, 1.54) is 38.5 Å². The number of aromatic nitrogens is 2. The minimum Gasteiger partial charge on any atom is -0.472 e. The SMILES string of the molecule is COC(=O)[C@H](Cc1ccc([N+](=O)[O-])cc1)NC(=O)c1ccc2c(c1)nc(-c1ccoc1)n2C1CCCCC1. The number of furan rings is 1. The van der Waals surface area contributed by atoms with E-state index >= 15 is 0 Å². The number of carbonyl (C=O) groups excluding carboxylic acids is 2. The van der Waals surface area contributed by atoms with Crippen molar-refractivity contribution in [2.24, 2.45) is 0 Å². The van der Waals surface area contributed by atoms with E-state index in [1.54, 1.807) is 36.8 Å². The number of esters is 1. The van der Waals surface area contributed by atoms with Crippen LogP contribution < -0.4 is 5.32 Å². The van der Waals surface area contributed by atoms with Crippen LogP contribution in [0.2, 0.25) is 0 Å². The molecule has 5 rings (SSSR count). The highest BCUT2D eigenvalue weighted by molar-refractivity contribution is 5.99. The number of imidazole rings is 1. The topological polar surface area (TPSA) is 130 Å². The van der Waals surface area contributed by atoms with Crippen molar-refractivity contribution < 1.29 is 23.7 Å². The maximum atomic E-state index is 13.2. The molecule has 2 heterocycles. The normalized spacial score (nSPS) is 14.8. The van der Waals surface area contributed by atoms with Gasteiger partial charge in [-0.3, -0.25) is 14.9 Å². The van der Waals surface area contributed by atoms with Crippen molar-refractivity contribution in [1.29, 1.82) is 0 Å². The molecule has 1 fully saturated rings. The molecule has 0 saturated heterocycles. The van der Waals surface area contributed by atoms with E-state index in [9.17, 15) is 19.7 Å². The molecule has 0 spiro atoms. The van der Waals surface area contributed by atoms with Gasteiger partial charge in [0, 0.05) is 30.2 Å². The molecule has 38 heavy (non-hydrogen) atoms. The number of nitro groups is 1. The van der Waals surface area contributed by atoms with Crippen LogP contribution in [0.4, 0.5) is 5.69 Å². The summed E-state index contributed by atoms with van der Waals surface area (Å²) in [4.78, 5) is 41.0. The van der Waals surface area contributed by atoms with Gasteiger partial charge in [0.1, 0.15) is 18.1 Å². The van der Waals surface area contributed by atoms with E-state index in [0.29, 0.717) is 22.7 Å². The molecule has 1 aliphatic carbocycles. The van der Waals surface area contributed by atoms with Crippen LogP contribution in [0.25, 0.3) is 22.4 Å². The Morgan fingerprint density at radius 2 is 1.92 bits per heavy atom. The first-order valence-corrected chi connectivity index (χ1v) is 12.6. The number of benzene rings is 2. The number of ether oxygens (including phenoxy) is 1. The van der Waals surface area contributed by atoms with Gasteiger partial charge in [0.05, 0.1) is 34.9 Å². The molecule has 1 atom stereocenters. The lowest BCUT2D eigenvalue weighted by molar-refractivity contribution is -0.384. The number of amides is 1. The summed E-state index contributed by atoms with van der Waals surface area (Å²) in [6, 6.07) is 12.4. The van der Waals surface area contributed by atoms with Crippen LogP contribution in [-0.4, -0.2) is 39.5 Å². The van der Waals surface area contributed by atoms with Crippen molar-refractivity contribution in [3.05, 3.63) is 82.3 Å². The Morgan fingerprint density at radius 1 is 1.16 bits per heavy atom.